The maximum Gasteiger partial charge on any atom is 0.358 e. The number of carbonyl (C=O) groups is 1. The minimum absolute atomic E-state index is 0.0422. The van der Waals surface area contributed by atoms with E-state index in [4.69, 9.17) is 5.11 Å². The first-order valence-corrected chi connectivity index (χ1v) is 7.01. The van der Waals surface area contributed by atoms with Gasteiger partial charge in [-0.1, -0.05) is 19.1 Å². The molecule has 0 spiro atoms. The molecule has 96 valence electrons. The van der Waals surface area contributed by atoms with Crippen molar-refractivity contribution in [3.05, 3.63) is 32.2 Å². The Bertz CT molecular complexity index is 577. The summed E-state index contributed by atoms with van der Waals surface area (Å²) in [6.07, 6.45) is 0. The maximum absolute atomic E-state index is 11.1. The highest BCUT2D eigenvalue weighted by Gasteiger charge is 2.21. The topological polar surface area (TPSA) is 68.0 Å². The number of aromatic carboxylic acids is 1. The van der Waals surface area contributed by atoms with Gasteiger partial charge in [0.05, 0.1) is 16.0 Å². The van der Waals surface area contributed by atoms with Crippen molar-refractivity contribution in [3.63, 3.8) is 0 Å². The molecular formula is C11H12BrN3O2S. The molecule has 1 N–H and O–H groups in total. The second-order valence-corrected chi connectivity index (χ2v) is 6.69. The molecule has 0 aliphatic heterocycles. The predicted octanol–water partition coefficient (Wildman–Crippen LogP) is 2.97. The molecule has 7 heteroatoms. The van der Waals surface area contributed by atoms with Crippen molar-refractivity contribution in [3.8, 4) is 0 Å². The van der Waals surface area contributed by atoms with Gasteiger partial charge >= 0.3 is 5.97 Å². The molecule has 0 aliphatic carbocycles. The van der Waals surface area contributed by atoms with Crippen molar-refractivity contribution in [1.29, 1.82) is 0 Å². The Kier molecular flexibility index (Phi) is 3.82. The molecule has 0 bridgehead atoms. The van der Waals surface area contributed by atoms with Gasteiger partial charge in [0, 0.05) is 4.88 Å². The van der Waals surface area contributed by atoms with Gasteiger partial charge in [-0.15, -0.1) is 16.4 Å². The third kappa shape index (κ3) is 2.62. The van der Waals surface area contributed by atoms with Crippen molar-refractivity contribution >= 4 is 33.2 Å². The van der Waals surface area contributed by atoms with Crippen LogP contribution in [0.25, 0.3) is 0 Å². The first-order chi connectivity index (χ1) is 8.49. The van der Waals surface area contributed by atoms with Crippen LogP contribution in [-0.4, -0.2) is 26.1 Å². The van der Waals surface area contributed by atoms with Crippen LogP contribution in [0.1, 0.15) is 40.8 Å². The molecule has 2 heterocycles. The predicted molar refractivity (Wildman–Crippen MR) is 72.2 cm³/mol. The van der Waals surface area contributed by atoms with E-state index in [9.17, 15) is 4.79 Å². The van der Waals surface area contributed by atoms with Crippen molar-refractivity contribution in [2.75, 3.05) is 0 Å². The zero-order chi connectivity index (χ0) is 13.3. The Morgan fingerprint density at radius 2 is 2.28 bits per heavy atom. The van der Waals surface area contributed by atoms with Gasteiger partial charge in [0.2, 0.25) is 0 Å². The Morgan fingerprint density at radius 1 is 1.56 bits per heavy atom. The zero-order valence-electron chi connectivity index (χ0n) is 9.92. The van der Waals surface area contributed by atoms with E-state index >= 15 is 0 Å². The first-order valence-electron chi connectivity index (χ1n) is 5.40. The van der Waals surface area contributed by atoms with Crippen LogP contribution in [0, 0.1) is 0 Å². The van der Waals surface area contributed by atoms with Gasteiger partial charge in [0.15, 0.2) is 5.69 Å². The van der Waals surface area contributed by atoms with Crippen LogP contribution in [0.2, 0.25) is 0 Å². The average molecular weight is 330 g/mol. The molecule has 0 atom stereocenters. The summed E-state index contributed by atoms with van der Waals surface area (Å²) in [5.74, 6) is -0.966. The molecule has 18 heavy (non-hydrogen) atoms. The molecule has 0 aromatic carbocycles. The zero-order valence-corrected chi connectivity index (χ0v) is 12.3. The number of hydrogen-bond donors (Lipinski definition) is 1. The third-order valence-corrected chi connectivity index (χ3v) is 4.07. The highest BCUT2D eigenvalue weighted by atomic mass is 79.9. The minimum atomic E-state index is -1.03. The van der Waals surface area contributed by atoms with Crippen LogP contribution in [0.3, 0.4) is 0 Å². The molecule has 5 nitrogen and oxygen atoms in total. The molecule has 0 radical (unpaired) electrons. The maximum atomic E-state index is 11.1. The van der Waals surface area contributed by atoms with E-state index in [1.165, 1.54) is 0 Å². The summed E-state index contributed by atoms with van der Waals surface area (Å²) in [5.41, 5.74) is 0.702. The number of rotatable bonds is 4. The Hall–Kier alpha value is -1.21. The fourth-order valence-electron chi connectivity index (χ4n) is 1.75. The molecular weight excluding hydrogens is 318 g/mol. The van der Waals surface area contributed by atoms with Gasteiger partial charge in [0.1, 0.15) is 0 Å². The number of aromatic nitrogens is 3. The first kappa shape index (κ1) is 13.2. The molecule has 0 fully saturated rings. The summed E-state index contributed by atoms with van der Waals surface area (Å²) in [7, 11) is 0. The third-order valence-electron chi connectivity index (χ3n) is 2.46. The highest BCUT2D eigenvalue weighted by molar-refractivity contribution is 9.11. The highest BCUT2D eigenvalue weighted by Crippen LogP contribution is 2.24. The van der Waals surface area contributed by atoms with Gasteiger partial charge in [-0.2, -0.15) is 0 Å². The van der Waals surface area contributed by atoms with Gasteiger partial charge in [0.25, 0.3) is 0 Å². The molecule has 2 aromatic rings. The standard InChI is InChI=1S/C11H12BrN3O2S/c1-6(2)10-9(11(16)17)13-14-15(10)5-7-3-4-8(12)18-7/h3-4,6H,5H2,1-2H3,(H,16,17). The van der Waals surface area contributed by atoms with Crippen LogP contribution in [0.5, 0.6) is 0 Å². The van der Waals surface area contributed by atoms with E-state index in [1.807, 2.05) is 26.0 Å². The van der Waals surface area contributed by atoms with Crippen LogP contribution >= 0.6 is 27.3 Å². The average Bonchev–Trinajstić information content (AvgIpc) is 2.85. The Balaban J connectivity index is 2.36. The lowest BCUT2D eigenvalue weighted by molar-refractivity contribution is 0.0688. The van der Waals surface area contributed by atoms with E-state index in [0.29, 0.717) is 12.2 Å². The summed E-state index contributed by atoms with van der Waals surface area (Å²) in [4.78, 5) is 12.2. The fourth-order valence-corrected chi connectivity index (χ4v) is 3.21. The van der Waals surface area contributed by atoms with Crippen molar-refractivity contribution in [1.82, 2.24) is 15.0 Å². The second kappa shape index (κ2) is 5.19. The summed E-state index contributed by atoms with van der Waals surface area (Å²) < 4.78 is 2.70. The minimum Gasteiger partial charge on any atom is -0.476 e. The monoisotopic (exact) mass is 329 g/mol. The largest absolute Gasteiger partial charge is 0.476 e. The lowest BCUT2D eigenvalue weighted by Crippen LogP contribution is -2.10. The normalized spacial score (nSPS) is 11.1. The summed E-state index contributed by atoms with van der Waals surface area (Å²) in [6, 6.07) is 3.95. The molecule has 0 saturated heterocycles. The van der Waals surface area contributed by atoms with Gasteiger partial charge in [-0.25, -0.2) is 9.48 Å². The summed E-state index contributed by atoms with van der Waals surface area (Å²) in [5, 5.41) is 16.8. The summed E-state index contributed by atoms with van der Waals surface area (Å²) in [6.45, 7) is 4.42. The molecule has 0 amide bonds. The molecule has 0 saturated carbocycles. The van der Waals surface area contributed by atoms with Crippen LogP contribution < -0.4 is 0 Å². The van der Waals surface area contributed by atoms with E-state index in [0.717, 1.165) is 8.66 Å². The second-order valence-electron chi connectivity index (χ2n) is 4.15. The quantitative estimate of drug-likeness (QED) is 0.936. The smallest absolute Gasteiger partial charge is 0.358 e. The van der Waals surface area contributed by atoms with Gasteiger partial charge in [-0.3, -0.25) is 0 Å². The Labute approximate surface area is 117 Å². The van der Waals surface area contributed by atoms with Gasteiger partial charge in [-0.05, 0) is 34.0 Å². The van der Waals surface area contributed by atoms with Crippen molar-refractivity contribution in [2.45, 2.75) is 26.3 Å². The SMILES string of the molecule is CC(C)c1c(C(=O)O)nnn1Cc1ccc(Br)s1. The van der Waals surface area contributed by atoms with Crippen LogP contribution in [0.4, 0.5) is 0 Å². The number of nitrogens with zero attached hydrogens (tertiary/aromatic N) is 3. The molecule has 0 aliphatic rings. The number of carboxylic acid groups (broad SMARTS) is 1. The van der Waals surface area contributed by atoms with E-state index in [1.54, 1.807) is 16.0 Å². The number of thiophene rings is 1. The molecule has 2 aromatic heterocycles. The van der Waals surface area contributed by atoms with E-state index < -0.39 is 5.97 Å². The number of halogens is 1. The fraction of sp³-hybridized carbons (Fsp3) is 0.364. The number of carboxylic acids is 1. The molecule has 0 unspecified atom stereocenters. The van der Waals surface area contributed by atoms with E-state index in [2.05, 4.69) is 26.2 Å². The van der Waals surface area contributed by atoms with Crippen LogP contribution in [-0.2, 0) is 6.54 Å². The van der Waals surface area contributed by atoms with E-state index in [-0.39, 0.29) is 11.6 Å². The van der Waals surface area contributed by atoms with Crippen molar-refractivity contribution < 1.29 is 9.90 Å². The lowest BCUT2D eigenvalue weighted by Gasteiger charge is -2.08. The van der Waals surface area contributed by atoms with Crippen molar-refractivity contribution in [2.24, 2.45) is 0 Å². The molecule has 2 rings (SSSR count). The van der Waals surface area contributed by atoms with Gasteiger partial charge < -0.3 is 5.11 Å². The lowest BCUT2D eigenvalue weighted by atomic mass is 10.1. The Morgan fingerprint density at radius 3 is 2.78 bits per heavy atom. The summed E-state index contributed by atoms with van der Waals surface area (Å²) >= 11 is 5.00. The number of hydrogen-bond acceptors (Lipinski definition) is 4. The van der Waals surface area contributed by atoms with Crippen LogP contribution in [0.15, 0.2) is 15.9 Å².